The van der Waals surface area contributed by atoms with Crippen LogP contribution in [0.15, 0.2) is 23.3 Å². The van der Waals surface area contributed by atoms with Gasteiger partial charge < -0.3 is 9.64 Å². The topological polar surface area (TPSA) is 46.6 Å². The molecule has 0 N–H and O–H groups in total. The summed E-state index contributed by atoms with van der Waals surface area (Å²) in [4.78, 5) is 27.3. The first-order chi connectivity index (χ1) is 14.5. The van der Waals surface area contributed by atoms with E-state index in [0.29, 0.717) is 18.4 Å². The van der Waals surface area contributed by atoms with Crippen molar-refractivity contribution < 1.29 is 14.3 Å². The fourth-order valence-corrected chi connectivity index (χ4v) is 3.84. The minimum atomic E-state index is -0.376. The van der Waals surface area contributed by atoms with Crippen molar-refractivity contribution in [1.82, 2.24) is 4.90 Å². The highest BCUT2D eigenvalue weighted by Crippen LogP contribution is 2.22. The minimum Gasteiger partial charge on any atom is -0.459 e. The van der Waals surface area contributed by atoms with Gasteiger partial charge in [-0.2, -0.15) is 0 Å². The average molecular weight is 420 g/mol. The Hall–Kier alpha value is -1.58. The Bertz CT molecular complexity index is 561. The first-order valence-corrected chi connectivity index (χ1v) is 12.3. The summed E-state index contributed by atoms with van der Waals surface area (Å²) in [5.41, 5.74) is 1.82. The number of amides is 1. The van der Waals surface area contributed by atoms with Crippen LogP contribution in [-0.4, -0.2) is 36.0 Å². The minimum absolute atomic E-state index is 0.0397. The van der Waals surface area contributed by atoms with Gasteiger partial charge in [0.2, 0.25) is 5.91 Å². The van der Waals surface area contributed by atoms with Crippen molar-refractivity contribution in [2.24, 2.45) is 0 Å². The van der Waals surface area contributed by atoms with Crippen LogP contribution in [0.25, 0.3) is 0 Å². The Morgan fingerprint density at radius 1 is 0.967 bits per heavy atom. The molecule has 1 amide bonds. The molecule has 0 fully saturated rings. The standard InChI is InChI=1S/C26H45NO3/c1-5-7-9-11-13-15-19-27(18-14-12-10-8-6-2)26(29)23-20-24(17-16-22(3)4)30-25(28)21-23/h16,21,24H,5-15,17-20H2,1-4H3/t24-/m1/s1. The lowest BCUT2D eigenvalue weighted by atomic mass is 10.00. The van der Waals surface area contributed by atoms with Crippen LogP contribution in [0.2, 0.25) is 0 Å². The van der Waals surface area contributed by atoms with Gasteiger partial charge in [0, 0.05) is 37.6 Å². The van der Waals surface area contributed by atoms with E-state index in [4.69, 9.17) is 4.74 Å². The molecule has 4 heteroatoms. The van der Waals surface area contributed by atoms with Crippen molar-refractivity contribution >= 4 is 11.9 Å². The van der Waals surface area contributed by atoms with Crippen LogP contribution in [0, 0.1) is 0 Å². The predicted molar refractivity (Wildman–Crippen MR) is 125 cm³/mol. The van der Waals surface area contributed by atoms with Crippen LogP contribution in [0.5, 0.6) is 0 Å². The van der Waals surface area contributed by atoms with Crippen molar-refractivity contribution in [2.75, 3.05) is 13.1 Å². The number of esters is 1. The van der Waals surface area contributed by atoms with E-state index in [2.05, 4.69) is 19.9 Å². The molecule has 0 saturated carbocycles. The second kappa shape index (κ2) is 16.2. The van der Waals surface area contributed by atoms with Crippen LogP contribution in [-0.2, 0) is 14.3 Å². The third kappa shape index (κ3) is 11.6. The summed E-state index contributed by atoms with van der Waals surface area (Å²) in [6.45, 7) is 10.1. The van der Waals surface area contributed by atoms with Crippen molar-refractivity contribution in [3.05, 3.63) is 23.3 Å². The number of unbranched alkanes of at least 4 members (excludes halogenated alkanes) is 9. The van der Waals surface area contributed by atoms with E-state index in [-0.39, 0.29) is 18.0 Å². The maximum atomic E-state index is 13.2. The molecule has 0 bridgehead atoms. The largest absolute Gasteiger partial charge is 0.459 e. The molecule has 0 radical (unpaired) electrons. The molecule has 1 heterocycles. The van der Waals surface area contributed by atoms with E-state index >= 15 is 0 Å². The van der Waals surface area contributed by atoms with Gasteiger partial charge in [0.15, 0.2) is 0 Å². The molecule has 0 saturated heterocycles. The number of carbonyl (C=O) groups excluding carboxylic acids is 2. The summed E-state index contributed by atoms with van der Waals surface area (Å²) in [7, 11) is 0. The molecule has 0 aromatic heterocycles. The molecule has 0 spiro atoms. The maximum Gasteiger partial charge on any atom is 0.331 e. The number of allylic oxidation sites excluding steroid dienone is 1. The van der Waals surface area contributed by atoms with Crippen molar-refractivity contribution in [1.29, 1.82) is 0 Å². The third-order valence-corrected chi connectivity index (χ3v) is 5.69. The number of hydrogen-bond acceptors (Lipinski definition) is 3. The molecule has 1 rings (SSSR count). The summed E-state index contributed by atoms with van der Waals surface area (Å²) in [5.74, 6) is -0.336. The van der Waals surface area contributed by atoms with E-state index in [1.807, 2.05) is 18.7 Å². The molecule has 0 aromatic carbocycles. The second-order valence-electron chi connectivity index (χ2n) is 8.92. The quantitative estimate of drug-likeness (QED) is 0.158. The second-order valence-corrected chi connectivity index (χ2v) is 8.92. The lowest BCUT2D eigenvalue weighted by Gasteiger charge is -2.28. The lowest BCUT2D eigenvalue weighted by Crippen LogP contribution is -2.37. The van der Waals surface area contributed by atoms with E-state index in [1.54, 1.807) is 0 Å². The average Bonchev–Trinajstić information content (AvgIpc) is 2.72. The Morgan fingerprint density at radius 2 is 1.50 bits per heavy atom. The monoisotopic (exact) mass is 419 g/mol. The summed E-state index contributed by atoms with van der Waals surface area (Å²) in [6.07, 6.45) is 17.7. The van der Waals surface area contributed by atoms with Gasteiger partial charge in [0.25, 0.3) is 0 Å². The van der Waals surface area contributed by atoms with Gasteiger partial charge >= 0.3 is 5.97 Å². The zero-order valence-corrected chi connectivity index (χ0v) is 20.0. The third-order valence-electron chi connectivity index (χ3n) is 5.69. The molecule has 1 aliphatic heterocycles. The molecule has 0 aliphatic carbocycles. The Kier molecular flexibility index (Phi) is 14.2. The molecule has 30 heavy (non-hydrogen) atoms. The van der Waals surface area contributed by atoms with Crippen molar-refractivity contribution in [2.45, 2.75) is 117 Å². The Balaban J connectivity index is 2.65. The van der Waals surface area contributed by atoms with Crippen LogP contribution >= 0.6 is 0 Å². The van der Waals surface area contributed by atoms with Crippen molar-refractivity contribution in [3.63, 3.8) is 0 Å². The predicted octanol–water partition coefficient (Wildman–Crippen LogP) is 6.74. The van der Waals surface area contributed by atoms with Crippen LogP contribution in [0.1, 0.15) is 111 Å². The normalized spacial score (nSPS) is 16.1. The van der Waals surface area contributed by atoms with Crippen LogP contribution in [0.3, 0.4) is 0 Å². The number of ether oxygens (including phenoxy) is 1. The van der Waals surface area contributed by atoms with Gasteiger partial charge in [0.1, 0.15) is 6.10 Å². The SMILES string of the molecule is CCCCCCCCN(CCCCCCC)C(=O)C1=CC(=O)O[C@H](CC=C(C)C)C1. The number of hydrogen-bond donors (Lipinski definition) is 0. The molecule has 0 aromatic rings. The van der Waals surface area contributed by atoms with E-state index in [1.165, 1.54) is 69.4 Å². The molecule has 0 unspecified atom stereocenters. The van der Waals surface area contributed by atoms with E-state index < -0.39 is 0 Å². The van der Waals surface area contributed by atoms with Crippen LogP contribution in [0.4, 0.5) is 0 Å². The lowest BCUT2D eigenvalue weighted by molar-refractivity contribution is -0.145. The van der Waals surface area contributed by atoms with Gasteiger partial charge in [0.05, 0.1) is 0 Å². The molecular formula is C26H45NO3. The molecule has 1 aliphatic rings. The number of nitrogens with zero attached hydrogens (tertiary/aromatic N) is 1. The number of carbonyl (C=O) groups is 2. The van der Waals surface area contributed by atoms with E-state index in [9.17, 15) is 9.59 Å². The Labute approximate surface area is 185 Å². The molecule has 172 valence electrons. The number of cyclic esters (lactones) is 1. The smallest absolute Gasteiger partial charge is 0.331 e. The molecular weight excluding hydrogens is 374 g/mol. The van der Waals surface area contributed by atoms with Gasteiger partial charge in [-0.25, -0.2) is 4.79 Å². The first kappa shape index (κ1) is 26.5. The van der Waals surface area contributed by atoms with Gasteiger partial charge in [-0.3, -0.25) is 4.79 Å². The summed E-state index contributed by atoms with van der Waals surface area (Å²) in [6, 6.07) is 0. The fraction of sp³-hybridized carbons (Fsp3) is 0.769. The molecule has 1 atom stereocenters. The van der Waals surface area contributed by atoms with Gasteiger partial charge in [-0.1, -0.05) is 83.3 Å². The van der Waals surface area contributed by atoms with Crippen LogP contribution < -0.4 is 0 Å². The fourth-order valence-electron chi connectivity index (χ4n) is 3.84. The highest BCUT2D eigenvalue weighted by molar-refractivity contribution is 6.00. The van der Waals surface area contributed by atoms with Gasteiger partial charge in [-0.05, 0) is 26.7 Å². The zero-order valence-electron chi connectivity index (χ0n) is 20.0. The highest BCUT2D eigenvalue weighted by atomic mass is 16.5. The highest BCUT2D eigenvalue weighted by Gasteiger charge is 2.27. The maximum absolute atomic E-state index is 13.2. The number of rotatable bonds is 16. The summed E-state index contributed by atoms with van der Waals surface area (Å²) in [5, 5.41) is 0. The summed E-state index contributed by atoms with van der Waals surface area (Å²) >= 11 is 0. The summed E-state index contributed by atoms with van der Waals surface area (Å²) < 4.78 is 5.43. The van der Waals surface area contributed by atoms with Gasteiger partial charge in [-0.15, -0.1) is 0 Å². The Morgan fingerprint density at radius 3 is 2.03 bits per heavy atom. The zero-order chi connectivity index (χ0) is 22.2. The molecule has 4 nitrogen and oxygen atoms in total. The van der Waals surface area contributed by atoms with Crippen molar-refractivity contribution in [3.8, 4) is 0 Å². The first-order valence-electron chi connectivity index (χ1n) is 12.3. The van der Waals surface area contributed by atoms with E-state index in [0.717, 1.165) is 25.9 Å².